The zero-order chi connectivity index (χ0) is 11.3. The van der Waals surface area contributed by atoms with Crippen LogP contribution in [0.5, 0.6) is 0 Å². The number of nitrogens with one attached hydrogen (secondary N) is 2. The highest BCUT2D eigenvalue weighted by Crippen LogP contribution is 2.06. The normalized spacial score (nSPS) is 9.33. The first-order valence-electron chi connectivity index (χ1n) is 3.73. The molecule has 0 saturated carbocycles. The summed E-state index contributed by atoms with van der Waals surface area (Å²) in [6, 6.07) is 0. The second-order valence-corrected chi connectivity index (χ2v) is 3.70. The fourth-order valence-corrected chi connectivity index (χ4v) is 1.14. The predicted molar refractivity (Wildman–Crippen MR) is 58.3 cm³/mol. The first kappa shape index (κ1) is 11.5. The topological polar surface area (TPSA) is 110 Å². The van der Waals surface area contributed by atoms with Crippen molar-refractivity contribution in [2.24, 2.45) is 5.73 Å². The van der Waals surface area contributed by atoms with E-state index in [2.05, 4.69) is 33.0 Å². The Kier molecular flexibility index (Phi) is 4.06. The van der Waals surface area contributed by atoms with Gasteiger partial charge in [-0.15, -0.1) is 10.2 Å². The van der Waals surface area contributed by atoms with Gasteiger partial charge in [0.1, 0.15) is 5.51 Å². The van der Waals surface area contributed by atoms with Gasteiger partial charge in [0.2, 0.25) is 5.13 Å². The molecular formula is C6H7N5O2S2. The number of rotatable bonds is 3. The van der Waals surface area contributed by atoms with Crippen LogP contribution in [0.4, 0.5) is 5.13 Å². The molecule has 0 radical (unpaired) electrons. The lowest BCUT2D eigenvalue weighted by atomic mass is 10.5. The molecule has 0 aliphatic heterocycles. The third-order valence-electron chi connectivity index (χ3n) is 1.21. The lowest BCUT2D eigenvalue weighted by molar-refractivity contribution is -0.135. The van der Waals surface area contributed by atoms with Crippen LogP contribution in [-0.4, -0.2) is 33.5 Å². The summed E-state index contributed by atoms with van der Waals surface area (Å²) < 4.78 is 0. The summed E-state index contributed by atoms with van der Waals surface area (Å²) in [6.07, 6.45) is 0. The highest BCUT2D eigenvalue weighted by molar-refractivity contribution is 7.80. The Bertz CT molecular complexity index is 377. The van der Waals surface area contributed by atoms with Gasteiger partial charge in [0, 0.05) is 0 Å². The van der Waals surface area contributed by atoms with Crippen molar-refractivity contribution >= 4 is 45.5 Å². The van der Waals surface area contributed by atoms with Gasteiger partial charge in [0.05, 0.1) is 11.5 Å². The molecule has 80 valence electrons. The molecule has 1 aromatic heterocycles. The summed E-state index contributed by atoms with van der Waals surface area (Å²) in [7, 11) is 0. The Morgan fingerprint density at radius 2 is 2.27 bits per heavy atom. The van der Waals surface area contributed by atoms with E-state index in [0.717, 1.165) is 11.3 Å². The Hall–Kier alpha value is -1.61. The van der Waals surface area contributed by atoms with E-state index in [1.54, 1.807) is 0 Å². The van der Waals surface area contributed by atoms with E-state index in [1.807, 2.05) is 0 Å². The van der Waals surface area contributed by atoms with Gasteiger partial charge in [-0.2, -0.15) is 0 Å². The molecule has 0 aliphatic carbocycles. The van der Waals surface area contributed by atoms with Gasteiger partial charge in [0.25, 0.3) is 0 Å². The number of nitrogens with zero attached hydrogens (tertiary/aromatic N) is 2. The summed E-state index contributed by atoms with van der Waals surface area (Å²) in [6.45, 7) is -0.0162. The molecule has 0 aromatic carbocycles. The Labute approximate surface area is 94.1 Å². The first-order valence-corrected chi connectivity index (χ1v) is 5.02. The molecule has 0 fully saturated rings. The van der Waals surface area contributed by atoms with E-state index >= 15 is 0 Å². The summed E-state index contributed by atoms with van der Waals surface area (Å²) in [5.41, 5.74) is 6.57. The van der Waals surface area contributed by atoms with Gasteiger partial charge in [-0.3, -0.25) is 14.9 Å². The number of hydrogen-bond donors (Lipinski definition) is 3. The maximum Gasteiger partial charge on any atom is 0.315 e. The molecule has 0 spiro atoms. The van der Waals surface area contributed by atoms with E-state index in [0.29, 0.717) is 0 Å². The van der Waals surface area contributed by atoms with Gasteiger partial charge >= 0.3 is 11.8 Å². The SMILES string of the molecule is NC(=S)CNC(=O)C(=O)Nc1nncs1. The second-order valence-electron chi connectivity index (χ2n) is 2.35. The smallest absolute Gasteiger partial charge is 0.315 e. The molecule has 15 heavy (non-hydrogen) atoms. The number of carbonyl (C=O) groups excluding carboxylic acids is 2. The van der Waals surface area contributed by atoms with Gasteiger partial charge in [0.15, 0.2) is 0 Å². The van der Waals surface area contributed by atoms with Crippen molar-refractivity contribution in [2.75, 3.05) is 11.9 Å². The van der Waals surface area contributed by atoms with Crippen molar-refractivity contribution in [3.05, 3.63) is 5.51 Å². The van der Waals surface area contributed by atoms with Crippen molar-refractivity contribution < 1.29 is 9.59 Å². The van der Waals surface area contributed by atoms with Gasteiger partial charge < -0.3 is 11.1 Å². The maximum atomic E-state index is 11.2. The molecule has 1 heterocycles. The Balaban J connectivity index is 2.40. The third kappa shape index (κ3) is 3.95. The highest BCUT2D eigenvalue weighted by Gasteiger charge is 2.14. The lowest BCUT2D eigenvalue weighted by Crippen LogP contribution is -2.39. The van der Waals surface area contributed by atoms with Crippen LogP contribution in [0, 0.1) is 0 Å². The zero-order valence-electron chi connectivity index (χ0n) is 7.39. The van der Waals surface area contributed by atoms with Crippen LogP contribution in [0.3, 0.4) is 0 Å². The van der Waals surface area contributed by atoms with Crippen LogP contribution in [0.25, 0.3) is 0 Å². The van der Waals surface area contributed by atoms with Crippen molar-refractivity contribution in [2.45, 2.75) is 0 Å². The summed E-state index contributed by atoms with van der Waals surface area (Å²) in [5, 5.41) is 11.8. The minimum absolute atomic E-state index is 0.0162. The van der Waals surface area contributed by atoms with Crippen LogP contribution < -0.4 is 16.4 Å². The van der Waals surface area contributed by atoms with E-state index in [1.165, 1.54) is 5.51 Å². The maximum absolute atomic E-state index is 11.2. The fraction of sp³-hybridized carbons (Fsp3) is 0.167. The van der Waals surface area contributed by atoms with E-state index in [4.69, 9.17) is 5.73 Å². The Morgan fingerprint density at radius 1 is 1.53 bits per heavy atom. The molecule has 0 unspecified atom stereocenters. The average Bonchev–Trinajstić information content (AvgIpc) is 2.66. The van der Waals surface area contributed by atoms with Crippen LogP contribution in [0.15, 0.2) is 5.51 Å². The molecule has 1 rings (SSSR count). The first-order chi connectivity index (χ1) is 7.09. The molecule has 9 heteroatoms. The zero-order valence-corrected chi connectivity index (χ0v) is 9.02. The minimum Gasteiger partial charge on any atom is -0.392 e. The van der Waals surface area contributed by atoms with E-state index < -0.39 is 11.8 Å². The van der Waals surface area contributed by atoms with Crippen LogP contribution in [0.1, 0.15) is 0 Å². The highest BCUT2D eigenvalue weighted by atomic mass is 32.1. The van der Waals surface area contributed by atoms with Gasteiger partial charge in [-0.05, 0) is 0 Å². The number of carbonyl (C=O) groups is 2. The molecule has 0 atom stereocenters. The quantitative estimate of drug-likeness (QED) is 0.459. The van der Waals surface area contributed by atoms with Crippen LogP contribution in [0.2, 0.25) is 0 Å². The van der Waals surface area contributed by atoms with Crippen molar-refractivity contribution in [1.29, 1.82) is 0 Å². The number of thiocarbonyl (C=S) groups is 1. The third-order valence-corrected chi connectivity index (χ3v) is 1.96. The van der Waals surface area contributed by atoms with Crippen molar-refractivity contribution in [3.63, 3.8) is 0 Å². The molecule has 7 nitrogen and oxygen atoms in total. The van der Waals surface area contributed by atoms with Gasteiger partial charge in [-0.1, -0.05) is 23.6 Å². The molecule has 0 aliphatic rings. The van der Waals surface area contributed by atoms with Gasteiger partial charge in [-0.25, -0.2) is 0 Å². The summed E-state index contributed by atoms with van der Waals surface area (Å²) in [4.78, 5) is 22.4. The van der Waals surface area contributed by atoms with Crippen LogP contribution in [-0.2, 0) is 9.59 Å². The predicted octanol–water partition coefficient (Wildman–Crippen LogP) is -1.12. The second kappa shape index (κ2) is 5.32. The van der Waals surface area contributed by atoms with Crippen molar-refractivity contribution in [3.8, 4) is 0 Å². The van der Waals surface area contributed by atoms with E-state index in [9.17, 15) is 9.59 Å². The number of nitrogens with two attached hydrogens (primary N) is 1. The molecule has 0 saturated heterocycles. The standard InChI is InChI=1S/C6H7N5O2S2/c7-3(14)1-8-4(12)5(13)10-6-11-9-2-15-6/h2H,1H2,(H2,7,14)(H,8,12)(H,10,11,13). The number of hydrogen-bond acceptors (Lipinski definition) is 6. The summed E-state index contributed by atoms with van der Waals surface area (Å²) in [5.74, 6) is -1.65. The molecule has 4 N–H and O–H groups in total. The lowest BCUT2D eigenvalue weighted by Gasteiger charge is -2.02. The van der Waals surface area contributed by atoms with E-state index in [-0.39, 0.29) is 16.7 Å². The number of aromatic nitrogens is 2. The minimum atomic E-state index is -0.831. The molecular weight excluding hydrogens is 238 g/mol. The average molecular weight is 245 g/mol. The molecule has 2 amide bonds. The Morgan fingerprint density at radius 3 is 2.80 bits per heavy atom. The monoisotopic (exact) mass is 245 g/mol. The number of anilines is 1. The van der Waals surface area contributed by atoms with Crippen LogP contribution >= 0.6 is 23.6 Å². The fourth-order valence-electron chi connectivity index (χ4n) is 0.629. The summed E-state index contributed by atoms with van der Waals surface area (Å²) >= 11 is 5.64. The van der Waals surface area contributed by atoms with Crippen molar-refractivity contribution in [1.82, 2.24) is 15.5 Å². The molecule has 0 bridgehead atoms. The molecule has 1 aromatic rings. The largest absolute Gasteiger partial charge is 0.392 e. The number of amides is 2.